The summed E-state index contributed by atoms with van der Waals surface area (Å²) in [7, 11) is 1.38. The monoisotopic (exact) mass is 345 g/mol. The zero-order chi connectivity index (χ0) is 17.8. The molecule has 0 saturated heterocycles. The van der Waals surface area contributed by atoms with Crippen LogP contribution in [0.3, 0.4) is 0 Å². The number of methoxy groups -OCH3 is 1. The van der Waals surface area contributed by atoms with Crippen molar-refractivity contribution in [2.45, 2.75) is 38.1 Å². The third-order valence-corrected chi connectivity index (χ3v) is 4.34. The fourth-order valence-electron chi connectivity index (χ4n) is 3.02. The van der Waals surface area contributed by atoms with Crippen LogP contribution in [-0.4, -0.2) is 28.8 Å². The van der Waals surface area contributed by atoms with Crippen molar-refractivity contribution >= 4 is 5.91 Å². The molecule has 132 valence electrons. The Kier molecular flexibility index (Phi) is 5.11. The number of hydrogen-bond acceptors (Lipinski definition) is 4. The highest BCUT2D eigenvalue weighted by atomic mass is 19.1. The van der Waals surface area contributed by atoms with Crippen molar-refractivity contribution in [2.75, 3.05) is 7.11 Å². The lowest BCUT2D eigenvalue weighted by Gasteiger charge is -2.23. The molecule has 1 aliphatic rings. The molecule has 0 atom stereocenters. The highest BCUT2D eigenvalue weighted by Crippen LogP contribution is 2.19. The third-order valence-electron chi connectivity index (χ3n) is 4.34. The molecular formula is C18H20FN3O3. The second-order valence-corrected chi connectivity index (χ2v) is 6.10. The molecule has 1 heterocycles. The van der Waals surface area contributed by atoms with Gasteiger partial charge in [0.25, 0.3) is 11.5 Å². The molecule has 2 aromatic rings. The van der Waals surface area contributed by atoms with E-state index in [0.29, 0.717) is 5.69 Å². The summed E-state index contributed by atoms with van der Waals surface area (Å²) < 4.78 is 19.3. The van der Waals surface area contributed by atoms with Crippen LogP contribution in [0.15, 0.2) is 35.1 Å². The number of carbonyl (C=O) groups excluding carboxylic acids is 1. The van der Waals surface area contributed by atoms with Crippen molar-refractivity contribution < 1.29 is 13.9 Å². The number of nitrogens with zero attached hydrogens (tertiary/aromatic N) is 2. The summed E-state index contributed by atoms with van der Waals surface area (Å²) in [6.07, 6.45) is 5.23. The highest BCUT2D eigenvalue weighted by molar-refractivity contribution is 5.95. The SMILES string of the molecule is COc1cc(=O)n(-c2ccc(F)cc2)nc1C(=O)NC1CCCCC1. The average molecular weight is 345 g/mol. The summed E-state index contributed by atoms with van der Waals surface area (Å²) in [6.45, 7) is 0. The molecule has 25 heavy (non-hydrogen) atoms. The Bertz CT molecular complexity index is 811. The zero-order valence-corrected chi connectivity index (χ0v) is 14.0. The topological polar surface area (TPSA) is 73.2 Å². The van der Waals surface area contributed by atoms with Gasteiger partial charge in [0.2, 0.25) is 0 Å². The Hall–Kier alpha value is -2.70. The molecule has 3 rings (SSSR count). The summed E-state index contributed by atoms with van der Waals surface area (Å²) in [5, 5.41) is 7.11. The molecule has 6 nitrogen and oxygen atoms in total. The Morgan fingerprint density at radius 1 is 1.24 bits per heavy atom. The highest BCUT2D eigenvalue weighted by Gasteiger charge is 2.22. The number of nitrogens with one attached hydrogen (secondary N) is 1. The maximum absolute atomic E-state index is 13.1. The van der Waals surface area contributed by atoms with Crippen LogP contribution in [0.4, 0.5) is 4.39 Å². The number of benzene rings is 1. The van der Waals surface area contributed by atoms with E-state index in [1.54, 1.807) is 0 Å². The first kappa shape index (κ1) is 17.1. The predicted molar refractivity (Wildman–Crippen MR) is 90.7 cm³/mol. The quantitative estimate of drug-likeness (QED) is 0.924. The molecule has 1 aromatic carbocycles. The minimum atomic E-state index is -0.460. The van der Waals surface area contributed by atoms with Gasteiger partial charge in [-0.2, -0.15) is 9.78 Å². The van der Waals surface area contributed by atoms with E-state index in [9.17, 15) is 14.0 Å². The van der Waals surface area contributed by atoms with Crippen molar-refractivity contribution in [2.24, 2.45) is 0 Å². The standard InChI is InChI=1S/C18H20FN3O3/c1-25-15-11-16(23)22(14-9-7-12(19)8-10-14)21-17(15)18(24)20-13-5-3-2-4-6-13/h7-11,13H,2-6H2,1H3,(H,20,24). The summed E-state index contributed by atoms with van der Waals surface area (Å²) in [4.78, 5) is 24.9. The van der Waals surface area contributed by atoms with Crippen molar-refractivity contribution in [3.05, 3.63) is 52.2 Å². The number of amides is 1. The van der Waals surface area contributed by atoms with Gasteiger partial charge in [-0.25, -0.2) is 4.39 Å². The van der Waals surface area contributed by atoms with E-state index in [2.05, 4.69) is 10.4 Å². The molecule has 7 heteroatoms. The Balaban J connectivity index is 1.94. The van der Waals surface area contributed by atoms with E-state index in [1.165, 1.54) is 43.9 Å². The first-order valence-corrected chi connectivity index (χ1v) is 8.33. The number of rotatable bonds is 4. The lowest BCUT2D eigenvalue weighted by molar-refractivity contribution is 0.0917. The maximum atomic E-state index is 13.1. The van der Waals surface area contributed by atoms with Crippen molar-refractivity contribution in [3.63, 3.8) is 0 Å². The molecule has 0 aliphatic heterocycles. The van der Waals surface area contributed by atoms with Gasteiger partial charge in [0.1, 0.15) is 5.82 Å². The van der Waals surface area contributed by atoms with E-state index in [0.717, 1.165) is 30.4 Å². The summed E-state index contributed by atoms with van der Waals surface area (Å²) in [5.74, 6) is -0.670. The Labute approximate surface area is 144 Å². The second-order valence-electron chi connectivity index (χ2n) is 6.10. The van der Waals surface area contributed by atoms with Gasteiger partial charge in [-0.1, -0.05) is 19.3 Å². The van der Waals surface area contributed by atoms with E-state index >= 15 is 0 Å². The van der Waals surface area contributed by atoms with Crippen molar-refractivity contribution in [1.29, 1.82) is 0 Å². The largest absolute Gasteiger partial charge is 0.494 e. The smallest absolute Gasteiger partial charge is 0.275 e. The minimum Gasteiger partial charge on any atom is -0.494 e. The second kappa shape index (κ2) is 7.46. The van der Waals surface area contributed by atoms with Crippen molar-refractivity contribution in [3.8, 4) is 11.4 Å². The van der Waals surface area contributed by atoms with E-state index in [4.69, 9.17) is 4.74 Å². The van der Waals surface area contributed by atoms with Crippen LogP contribution in [0.1, 0.15) is 42.6 Å². The first-order valence-electron chi connectivity index (χ1n) is 8.33. The number of ether oxygens (including phenoxy) is 1. The molecule has 0 radical (unpaired) electrons. The molecule has 1 aromatic heterocycles. The third kappa shape index (κ3) is 3.87. The van der Waals surface area contributed by atoms with Crippen LogP contribution < -0.4 is 15.6 Å². The molecule has 0 spiro atoms. The van der Waals surface area contributed by atoms with Gasteiger partial charge in [0.15, 0.2) is 11.4 Å². The normalized spacial score (nSPS) is 15.0. The Morgan fingerprint density at radius 3 is 2.56 bits per heavy atom. The molecule has 0 bridgehead atoms. The number of halogens is 1. The van der Waals surface area contributed by atoms with Crippen LogP contribution in [-0.2, 0) is 0 Å². The van der Waals surface area contributed by atoms with Crippen LogP contribution in [0.25, 0.3) is 5.69 Å². The van der Waals surface area contributed by atoms with Gasteiger partial charge in [-0.15, -0.1) is 0 Å². The number of carbonyl (C=O) groups is 1. The van der Waals surface area contributed by atoms with Crippen LogP contribution >= 0.6 is 0 Å². The number of aromatic nitrogens is 2. The van der Waals surface area contributed by atoms with Gasteiger partial charge in [0, 0.05) is 6.04 Å². The van der Waals surface area contributed by atoms with Gasteiger partial charge in [0.05, 0.1) is 18.9 Å². The van der Waals surface area contributed by atoms with E-state index in [-0.39, 0.29) is 23.4 Å². The molecule has 1 amide bonds. The first-order chi connectivity index (χ1) is 12.1. The van der Waals surface area contributed by atoms with Crippen LogP contribution in [0, 0.1) is 5.82 Å². The average Bonchev–Trinajstić information content (AvgIpc) is 2.63. The van der Waals surface area contributed by atoms with E-state index < -0.39 is 11.4 Å². The lowest BCUT2D eigenvalue weighted by atomic mass is 9.95. The maximum Gasteiger partial charge on any atom is 0.275 e. The van der Waals surface area contributed by atoms with Gasteiger partial charge in [-0.3, -0.25) is 9.59 Å². The molecule has 0 unspecified atom stereocenters. The molecule has 1 N–H and O–H groups in total. The van der Waals surface area contributed by atoms with E-state index in [1.807, 2.05) is 0 Å². The van der Waals surface area contributed by atoms with Crippen molar-refractivity contribution in [1.82, 2.24) is 15.1 Å². The number of hydrogen-bond donors (Lipinski definition) is 1. The Morgan fingerprint density at radius 2 is 1.92 bits per heavy atom. The molecular weight excluding hydrogens is 325 g/mol. The van der Waals surface area contributed by atoms with Gasteiger partial charge >= 0.3 is 0 Å². The zero-order valence-electron chi connectivity index (χ0n) is 14.0. The van der Waals surface area contributed by atoms with Gasteiger partial charge < -0.3 is 10.1 Å². The fraction of sp³-hybridized carbons (Fsp3) is 0.389. The van der Waals surface area contributed by atoms with Crippen LogP contribution in [0.5, 0.6) is 5.75 Å². The summed E-state index contributed by atoms with van der Waals surface area (Å²) in [5.41, 5.74) is -0.0459. The van der Waals surface area contributed by atoms with Gasteiger partial charge in [-0.05, 0) is 37.1 Å². The van der Waals surface area contributed by atoms with Crippen LogP contribution in [0.2, 0.25) is 0 Å². The molecule has 1 fully saturated rings. The lowest BCUT2D eigenvalue weighted by Crippen LogP contribution is -2.38. The predicted octanol–water partition coefficient (Wildman–Crippen LogP) is 2.44. The molecule has 1 aliphatic carbocycles. The fourth-order valence-corrected chi connectivity index (χ4v) is 3.02. The molecule has 1 saturated carbocycles. The minimum absolute atomic E-state index is 0.0389. The summed E-state index contributed by atoms with van der Waals surface area (Å²) in [6, 6.07) is 6.65. The summed E-state index contributed by atoms with van der Waals surface area (Å²) >= 11 is 0.